The van der Waals surface area contributed by atoms with Gasteiger partial charge in [-0.05, 0) is 43.7 Å². The van der Waals surface area contributed by atoms with Crippen LogP contribution in [0.25, 0.3) is 11.0 Å². The quantitative estimate of drug-likeness (QED) is 0.713. The minimum absolute atomic E-state index is 0.0768. The van der Waals surface area contributed by atoms with Gasteiger partial charge in [-0.15, -0.1) is 0 Å². The number of para-hydroxylation sites is 2. The minimum Gasteiger partial charge on any atom is -0.336 e. The number of fused-ring (bicyclic) bond motifs is 1. The summed E-state index contributed by atoms with van der Waals surface area (Å²) in [4.78, 5) is 18.7. The fourth-order valence-electron chi connectivity index (χ4n) is 3.59. The second-order valence-corrected chi connectivity index (χ2v) is 6.34. The van der Waals surface area contributed by atoms with E-state index in [2.05, 4.69) is 9.55 Å². The molecule has 1 aliphatic heterocycles. The average molecular weight is 341 g/mol. The van der Waals surface area contributed by atoms with Gasteiger partial charge in [0, 0.05) is 13.1 Å². The normalized spacial score (nSPS) is 17.4. The van der Waals surface area contributed by atoms with Crippen LogP contribution < -0.4 is 0 Å². The summed E-state index contributed by atoms with van der Waals surface area (Å²) in [6.45, 7) is 2.90. The van der Waals surface area contributed by atoms with Crippen molar-refractivity contribution < 1.29 is 13.6 Å². The molecule has 1 atom stereocenters. The van der Waals surface area contributed by atoms with Crippen LogP contribution in [0.4, 0.5) is 8.78 Å². The maximum absolute atomic E-state index is 13.9. The molecule has 1 aliphatic rings. The zero-order valence-corrected chi connectivity index (χ0v) is 13.7. The molecular formula is C19H17F2N3O. The molecule has 25 heavy (non-hydrogen) atoms. The summed E-state index contributed by atoms with van der Waals surface area (Å²) in [7, 11) is 0. The number of halogens is 2. The molecule has 1 saturated heterocycles. The molecule has 2 aromatic carbocycles. The number of aryl methyl sites for hydroxylation is 1. The highest BCUT2D eigenvalue weighted by Gasteiger charge is 2.31. The van der Waals surface area contributed by atoms with Crippen molar-refractivity contribution in [1.82, 2.24) is 14.5 Å². The maximum atomic E-state index is 13.9. The number of nitrogens with zero attached hydrogens (tertiary/aromatic N) is 3. The van der Waals surface area contributed by atoms with E-state index < -0.39 is 17.5 Å². The Morgan fingerprint density at radius 3 is 2.84 bits per heavy atom. The van der Waals surface area contributed by atoms with Crippen LogP contribution in [0, 0.1) is 18.6 Å². The van der Waals surface area contributed by atoms with Gasteiger partial charge in [0.2, 0.25) is 0 Å². The summed E-state index contributed by atoms with van der Waals surface area (Å²) in [5.74, 6) is -0.893. The number of likely N-dealkylation sites (tertiary alicyclic amines) is 1. The third-order valence-electron chi connectivity index (χ3n) is 4.75. The summed E-state index contributed by atoms with van der Waals surface area (Å²) in [5.41, 5.74) is 1.73. The van der Waals surface area contributed by atoms with Crippen molar-refractivity contribution in [1.29, 1.82) is 0 Å². The summed E-state index contributed by atoms with van der Waals surface area (Å²) in [5, 5.41) is 0. The van der Waals surface area contributed by atoms with Crippen LogP contribution in [-0.2, 0) is 0 Å². The van der Waals surface area contributed by atoms with Gasteiger partial charge >= 0.3 is 0 Å². The average Bonchev–Trinajstić information content (AvgIpc) is 3.19. The van der Waals surface area contributed by atoms with E-state index in [-0.39, 0.29) is 11.6 Å². The van der Waals surface area contributed by atoms with Crippen molar-refractivity contribution in [2.24, 2.45) is 0 Å². The highest BCUT2D eigenvalue weighted by atomic mass is 19.1. The van der Waals surface area contributed by atoms with Crippen molar-refractivity contribution in [2.75, 3.05) is 13.1 Å². The van der Waals surface area contributed by atoms with Crippen molar-refractivity contribution >= 4 is 16.9 Å². The fourth-order valence-corrected chi connectivity index (χ4v) is 3.59. The topological polar surface area (TPSA) is 38.1 Å². The van der Waals surface area contributed by atoms with E-state index in [0.29, 0.717) is 13.1 Å². The van der Waals surface area contributed by atoms with Crippen LogP contribution in [0.1, 0.15) is 28.6 Å². The van der Waals surface area contributed by atoms with E-state index in [1.54, 1.807) is 4.90 Å². The molecule has 0 saturated carbocycles. The summed E-state index contributed by atoms with van der Waals surface area (Å²) < 4.78 is 29.4. The molecular weight excluding hydrogens is 324 g/mol. The van der Waals surface area contributed by atoms with Crippen molar-refractivity contribution in [3.05, 3.63) is 65.5 Å². The molecule has 0 aliphatic carbocycles. The van der Waals surface area contributed by atoms with E-state index in [4.69, 9.17) is 0 Å². The van der Waals surface area contributed by atoms with Crippen molar-refractivity contribution in [2.45, 2.75) is 19.4 Å². The summed E-state index contributed by atoms with van der Waals surface area (Å²) in [6, 6.07) is 10.9. The first kappa shape index (κ1) is 15.7. The molecule has 0 bridgehead atoms. The highest BCUT2D eigenvalue weighted by molar-refractivity contribution is 5.94. The standard InChI is InChI=1S/C19H17F2N3O/c1-12-22-17-4-2-3-5-18(17)24(12)14-8-9-23(11-14)19(25)15-10-13(20)6-7-16(15)21/h2-7,10,14H,8-9,11H2,1H3/t14-/m0/s1. The Labute approximate surface area is 143 Å². The fraction of sp³-hybridized carbons (Fsp3) is 0.263. The lowest BCUT2D eigenvalue weighted by Crippen LogP contribution is -2.30. The Hall–Kier alpha value is -2.76. The van der Waals surface area contributed by atoms with Crippen LogP contribution in [0.5, 0.6) is 0 Å². The van der Waals surface area contributed by atoms with E-state index in [0.717, 1.165) is 41.5 Å². The smallest absolute Gasteiger partial charge is 0.257 e. The van der Waals surface area contributed by atoms with Gasteiger partial charge in [0.05, 0.1) is 22.6 Å². The van der Waals surface area contributed by atoms with Crippen molar-refractivity contribution in [3.8, 4) is 0 Å². The number of hydrogen-bond donors (Lipinski definition) is 0. The molecule has 1 amide bonds. The third-order valence-corrected chi connectivity index (χ3v) is 4.75. The van der Waals surface area contributed by atoms with E-state index in [9.17, 15) is 13.6 Å². The second kappa shape index (κ2) is 5.95. The predicted molar refractivity (Wildman–Crippen MR) is 90.4 cm³/mol. The Balaban J connectivity index is 1.62. The number of carbonyl (C=O) groups is 1. The Kier molecular flexibility index (Phi) is 3.75. The minimum atomic E-state index is -0.695. The molecule has 1 aromatic heterocycles. The maximum Gasteiger partial charge on any atom is 0.257 e. The lowest BCUT2D eigenvalue weighted by Gasteiger charge is -2.19. The first-order chi connectivity index (χ1) is 12.0. The van der Waals surface area contributed by atoms with E-state index in [1.807, 2.05) is 31.2 Å². The third kappa shape index (κ3) is 2.67. The number of hydrogen-bond acceptors (Lipinski definition) is 2. The molecule has 128 valence electrons. The van der Waals surface area contributed by atoms with Crippen molar-refractivity contribution in [3.63, 3.8) is 0 Å². The van der Waals surface area contributed by atoms with Gasteiger partial charge in [-0.2, -0.15) is 0 Å². The van der Waals surface area contributed by atoms with Gasteiger partial charge < -0.3 is 9.47 Å². The first-order valence-electron chi connectivity index (χ1n) is 8.22. The number of aromatic nitrogens is 2. The zero-order valence-electron chi connectivity index (χ0n) is 13.7. The number of benzene rings is 2. The molecule has 0 spiro atoms. The van der Waals surface area contributed by atoms with Crippen LogP contribution in [0.15, 0.2) is 42.5 Å². The number of rotatable bonds is 2. The monoisotopic (exact) mass is 341 g/mol. The van der Waals surface area contributed by atoms with Gasteiger partial charge in [-0.25, -0.2) is 13.8 Å². The van der Waals surface area contributed by atoms with Gasteiger partial charge in [-0.1, -0.05) is 12.1 Å². The molecule has 0 radical (unpaired) electrons. The Morgan fingerprint density at radius 1 is 1.20 bits per heavy atom. The molecule has 4 rings (SSSR count). The molecule has 2 heterocycles. The lowest BCUT2D eigenvalue weighted by molar-refractivity contribution is 0.0782. The molecule has 6 heteroatoms. The van der Waals surface area contributed by atoms with Crippen LogP contribution in [-0.4, -0.2) is 33.4 Å². The number of carbonyl (C=O) groups excluding carboxylic acids is 1. The molecule has 1 fully saturated rings. The summed E-state index contributed by atoms with van der Waals surface area (Å²) >= 11 is 0. The molecule has 4 nitrogen and oxygen atoms in total. The number of amides is 1. The van der Waals surface area contributed by atoms with E-state index in [1.165, 1.54) is 0 Å². The molecule has 0 unspecified atom stereocenters. The van der Waals surface area contributed by atoms with Gasteiger partial charge in [-0.3, -0.25) is 4.79 Å². The summed E-state index contributed by atoms with van der Waals surface area (Å²) in [6.07, 6.45) is 0.754. The van der Waals surface area contributed by atoms with Crippen LogP contribution in [0.2, 0.25) is 0 Å². The Bertz CT molecular complexity index is 966. The molecule has 3 aromatic rings. The number of imidazole rings is 1. The van der Waals surface area contributed by atoms with Gasteiger partial charge in [0.15, 0.2) is 0 Å². The SMILES string of the molecule is Cc1nc2ccccc2n1[C@H]1CCN(C(=O)c2cc(F)ccc2F)C1. The largest absolute Gasteiger partial charge is 0.336 e. The first-order valence-corrected chi connectivity index (χ1v) is 8.22. The van der Waals surface area contributed by atoms with Gasteiger partial charge in [0.1, 0.15) is 17.5 Å². The van der Waals surface area contributed by atoms with Crippen LogP contribution >= 0.6 is 0 Å². The van der Waals surface area contributed by atoms with E-state index >= 15 is 0 Å². The highest BCUT2D eigenvalue weighted by Crippen LogP contribution is 2.29. The zero-order chi connectivity index (χ0) is 17.6. The Morgan fingerprint density at radius 2 is 2.00 bits per heavy atom. The van der Waals surface area contributed by atoms with Gasteiger partial charge in [0.25, 0.3) is 5.91 Å². The lowest BCUT2D eigenvalue weighted by atomic mass is 10.2. The second-order valence-electron chi connectivity index (χ2n) is 6.34. The predicted octanol–water partition coefficient (Wildman–Crippen LogP) is 3.71. The molecule has 0 N–H and O–H groups in total. The van der Waals surface area contributed by atoms with Crippen LogP contribution in [0.3, 0.4) is 0 Å².